The number of benzene rings is 1. The van der Waals surface area contributed by atoms with Crippen LogP contribution in [0, 0.1) is 11.3 Å². The molecule has 0 fully saturated rings. The fourth-order valence-corrected chi connectivity index (χ4v) is 2.25. The number of rotatable bonds is 3. The zero-order chi connectivity index (χ0) is 13.9. The van der Waals surface area contributed by atoms with E-state index in [2.05, 4.69) is 16.0 Å². The molecule has 0 spiro atoms. The number of pyridine rings is 1. The van der Waals surface area contributed by atoms with E-state index in [-0.39, 0.29) is 6.42 Å². The van der Waals surface area contributed by atoms with Gasteiger partial charge in [-0.2, -0.15) is 5.26 Å². The van der Waals surface area contributed by atoms with Gasteiger partial charge in [0.1, 0.15) is 5.82 Å². The summed E-state index contributed by atoms with van der Waals surface area (Å²) in [7, 11) is 0. The molecule has 0 saturated carbocycles. The maximum atomic E-state index is 8.94. The van der Waals surface area contributed by atoms with Gasteiger partial charge in [0.2, 0.25) is 0 Å². The van der Waals surface area contributed by atoms with Crippen LogP contribution < -0.4 is 5.73 Å². The third kappa shape index (κ3) is 2.19. The summed E-state index contributed by atoms with van der Waals surface area (Å²) in [6.45, 7) is 0.558. The van der Waals surface area contributed by atoms with Crippen LogP contribution in [0.4, 0.5) is 5.69 Å². The van der Waals surface area contributed by atoms with Gasteiger partial charge in [0.05, 0.1) is 35.8 Å². The van der Waals surface area contributed by atoms with Crippen LogP contribution in [-0.4, -0.2) is 14.5 Å². The van der Waals surface area contributed by atoms with Crippen LogP contribution in [0.2, 0.25) is 0 Å². The molecule has 3 rings (SSSR count). The molecule has 0 aliphatic rings. The summed E-state index contributed by atoms with van der Waals surface area (Å²) in [6.07, 6.45) is 1.96. The fraction of sp³-hybridized carbons (Fsp3) is 0.133. The van der Waals surface area contributed by atoms with Crippen LogP contribution in [0.5, 0.6) is 0 Å². The van der Waals surface area contributed by atoms with Gasteiger partial charge in [0.25, 0.3) is 0 Å². The van der Waals surface area contributed by atoms with Crippen LogP contribution in [0.15, 0.2) is 42.6 Å². The summed E-state index contributed by atoms with van der Waals surface area (Å²) in [6, 6.07) is 13.6. The third-order valence-electron chi connectivity index (χ3n) is 3.13. The highest BCUT2D eigenvalue weighted by Gasteiger charge is 2.10. The Balaban J connectivity index is 2.09. The average Bonchev–Trinajstić information content (AvgIpc) is 2.78. The van der Waals surface area contributed by atoms with Crippen molar-refractivity contribution in [3.05, 3.63) is 54.1 Å². The Morgan fingerprint density at radius 1 is 1.25 bits per heavy atom. The van der Waals surface area contributed by atoms with Gasteiger partial charge in [-0.25, -0.2) is 4.98 Å². The van der Waals surface area contributed by atoms with E-state index in [4.69, 9.17) is 11.0 Å². The lowest BCUT2D eigenvalue weighted by atomic mass is 10.3. The van der Waals surface area contributed by atoms with E-state index in [9.17, 15) is 0 Å². The first kappa shape index (κ1) is 12.2. The number of imidazole rings is 1. The van der Waals surface area contributed by atoms with Crippen LogP contribution in [0.1, 0.15) is 11.5 Å². The van der Waals surface area contributed by atoms with E-state index >= 15 is 0 Å². The molecule has 5 nitrogen and oxygen atoms in total. The van der Waals surface area contributed by atoms with E-state index in [1.807, 2.05) is 34.9 Å². The van der Waals surface area contributed by atoms with Crippen molar-refractivity contribution in [2.24, 2.45) is 0 Å². The molecule has 5 heteroatoms. The molecule has 0 radical (unpaired) electrons. The van der Waals surface area contributed by atoms with Gasteiger partial charge in [-0.15, -0.1) is 0 Å². The molecule has 2 heterocycles. The molecular weight excluding hydrogens is 250 g/mol. The van der Waals surface area contributed by atoms with Crippen LogP contribution >= 0.6 is 0 Å². The van der Waals surface area contributed by atoms with Crippen molar-refractivity contribution in [1.82, 2.24) is 14.5 Å². The second-order valence-electron chi connectivity index (χ2n) is 4.52. The van der Waals surface area contributed by atoms with Gasteiger partial charge < -0.3 is 10.3 Å². The van der Waals surface area contributed by atoms with Crippen LogP contribution in [0.25, 0.3) is 11.0 Å². The lowest BCUT2D eigenvalue weighted by Crippen LogP contribution is -2.06. The number of para-hydroxylation sites is 2. The quantitative estimate of drug-likeness (QED) is 0.785. The maximum Gasteiger partial charge on any atom is 0.124 e. The maximum absolute atomic E-state index is 8.94. The van der Waals surface area contributed by atoms with E-state index in [0.717, 1.165) is 22.6 Å². The van der Waals surface area contributed by atoms with E-state index in [0.29, 0.717) is 12.2 Å². The van der Waals surface area contributed by atoms with Gasteiger partial charge in [-0.3, -0.25) is 4.98 Å². The topological polar surface area (TPSA) is 80.5 Å². The number of hydrogen-bond acceptors (Lipinski definition) is 4. The van der Waals surface area contributed by atoms with Gasteiger partial charge in [0.15, 0.2) is 0 Å². The van der Waals surface area contributed by atoms with Crippen molar-refractivity contribution in [1.29, 1.82) is 5.26 Å². The van der Waals surface area contributed by atoms with Crippen LogP contribution in [-0.2, 0) is 13.0 Å². The molecule has 98 valence electrons. The first-order chi connectivity index (χ1) is 9.78. The van der Waals surface area contributed by atoms with E-state index in [1.54, 1.807) is 12.3 Å². The Hall–Kier alpha value is -2.87. The average molecular weight is 263 g/mol. The molecule has 0 atom stereocenters. The van der Waals surface area contributed by atoms with Crippen molar-refractivity contribution in [3.8, 4) is 6.07 Å². The Bertz CT molecular complexity index is 797. The predicted octanol–water partition coefficient (Wildman–Crippen LogP) is 2.13. The van der Waals surface area contributed by atoms with Crippen molar-refractivity contribution < 1.29 is 0 Å². The van der Waals surface area contributed by atoms with Gasteiger partial charge in [-0.05, 0) is 24.3 Å². The van der Waals surface area contributed by atoms with Gasteiger partial charge in [0, 0.05) is 11.9 Å². The molecule has 20 heavy (non-hydrogen) atoms. The van der Waals surface area contributed by atoms with Crippen molar-refractivity contribution in [3.63, 3.8) is 0 Å². The Morgan fingerprint density at radius 2 is 2.10 bits per heavy atom. The molecule has 0 aliphatic carbocycles. The molecule has 0 saturated heterocycles. The molecule has 3 aromatic rings. The second-order valence-corrected chi connectivity index (χ2v) is 4.52. The van der Waals surface area contributed by atoms with E-state index < -0.39 is 0 Å². The van der Waals surface area contributed by atoms with Gasteiger partial charge in [-0.1, -0.05) is 12.1 Å². The highest BCUT2D eigenvalue weighted by atomic mass is 15.1. The largest absolute Gasteiger partial charge is 0.399 e. The Morgan fingerprint density at radius 3 is 2.90 bits per heavy atom. The van der Waals surface area contributed by atoms with Gasteiger partial charge >= 0.3 is 0 Å². The minimum Gasteiger partial charge on any atom is -0.399 e. The lowest BCUT2D eigenvalue weighted by molar-refractivity contribution is 0.751. The number of nitrogen functional groups attached to an aromatic ring is 1. The summed E-state index contributed by atoms with van der Waals surface area (Å²) in [5.74, 6) is 0.748. The summed E-state index contributed by atoms with van der Waals surface area (Å²) >= 11 is 0. The molecule has 2 aromatic heterocycles. The zero-order valence-electron chi connectivity index (χ0n) is 10.8. The minimum absolute atomic E-state index is 0.275. The number of nitriles is 1. The highest BCUT2D eigenvalue weighted by Crippen LogP contribution is 2.18. The monoisotopic (exact) mass is 263 g/mol. The number of hydrogen-bond donors (Lipinski definition) is 1. The summed E-state index contributed by atoms with van der Waals surface area (Å²) in [5.41, 5.74) is 9.21. The highest BCUT2D eigenvalue weighted by molar-refractivity contribution is 5.76. The van der Waals surface area contributed by atoms with Crippen molar-refractivity contribution in [2.45, 2.75) is 13.0 Å². The standard InChI is InChI=1S/C15H13N5/c16-7-5-15-19-13-3-1-2-4-14(13)20(15)10-12-9-11(17)6-8-18-12/h1-4,6,8-9H,5,10H2,(H2,17,18). The predicted molar refractivity (Wildman–Crippen MR) is 76.8 cm³/mol. The molecule has 0 aliphatic heterocycles. The summed E-state index contributed by atoms with van der Waals surface area (Å²) < 4.78 is 2.01. The Kier molecular flexibility index (Phi) is 3.05. The molecule has 1 aromatic carbocycles. The SMILES string of the molecule is N#CCc1nc2ccccc2n1Cc1cc(N)ccn1. The molecule has 2 N–H and O–H groups in total. The summed E-state index contributed by atoms with van der Waals surface area (Å²) in [4.78, 5) is 8.81. The Labute approximate surface area is 116 Å². The zero-order valence-corrected chi connectivity index (χ0v) is 10.8. The smallest absolute Gasteiger partial charge is 0.124 e. The van der Waals surface area contributed by atoms with E-state index in [1.165, 1.54) is 0 Å². The second kappa shape index (κ2) is 5.02. The number of nitrogens with zero attached hydrogens (tertiary/aromatic N) is 4. The first-order valence-electron chi connectivity index (χ1n) is 6.29. The molecule has 0 bridgehead atoms. The molecule has 0 unspecified atom stereocenters. The number of nitrogens with two attached hydrogens (primary N) is 1. The minimum atomic E-state index is 0.275. The number of aromatic nitrogens is 3. The fourth-order valence-electron chi connectivity index (χ4n) is 2.25. The van der Waals surface area contributed by atoms with Crippen LogP contribution in [0.3, 0.4) is 0 Å². The first-order valence-corrected chi connectivity index (χ1v) is 6.29. The van der Waals surface area contributed by atoms with Crippen molar-refractivity contribution >= 4 is 16.7 Å². The van der Waals surface area contributed by atoms with Crippen molar-refractivity contribution in [2.75, 3.05) is 5.73 Å². The number of fused-ring (bicyclic) bond motifs is 1. The molecular formula is C15H13N5. The lowest BCUT2D eigenvalue weighted by Gasteiger charge is -2.07. The summed E-state index contributed by atoms with van der Waals surface area (Å²) in [5, 5.41) is 8.94. The molecule has 0 amide bonds. The third-order valence-corrected chi connectivity index (χ3v) is 3.13. The normalized spacial score (nSPS) is 10.6. The number of anilines is 1.